The summed E-state index contributed by atoms with van der Waals surface area (Å²) in [6, 6.07) is 5.37. The Labute approximate surface area is 128 Å². The second-order valence-electron chi connectivity index (χ2n) is 5.55. The molecule has 1 aromatic carbocycles. The van der Waals surface area contributed by atoms with Crippen LogP contribution < -0.4 is 10.1 Å². The Hall–Kier alpha value is -2.05. The zero-order valence-electron chi connectivity index (χ0n) is 12.7. The molecule has 0 spiro atoms. The smallest absolute Gasteiger partial charge is 0.268 e. The number of hydrogen-bond donors (Lipinski definition) is 3. The van der Waals surface area contributed by atoms with Crippen molar-refractivity contribution in [3.05, 3.63) is 29.5 Å². The number of rotatable bonds is 3. The number of aliphatic hydroxyl groups excluding tert-OH is 1. The second kappa shape index (κ2) is 5.98. The van der Waals surface area contributed by atoms with Crippen LogP contribution in [0, 0.1) is 6.92 Å². The van der Waals surface area contributed by atoms with Crippen molar-refractivity contribution in [1.29, 1.82) is 0 Å². The minimum Gasteiger partial charge on any atom is -0.497 e. The molecule has 1 fully saturated rings. The molecule has 3 N–H and O–H groups in total. The molecule has 0 unspecified atom stereocenters. The number of methoxy groups -OCH3 is 1. The first-order valence-corrected chi connectivity index (χ1v) is 7.33. The fraction of sp³-hybridized carbons (Fsp3) is 0.438. The summed E-state index contributed by atoms with van der Waals surface area (Å²) in [4.78, 5) is 15.6. The molecule has 6 nitrogen and oxygen atoms in total. The number of fused-ring (bicyclic) bond motifs is 1. The highest BCUT2D eigenvalue weighted by Crippen LogP contribution is 2.26. The van der Waals surface area contributed by atoms with E-state index in [0.29, 0.717) is 18.7 Å². The van der Waals surface area contributed by atoms with E-state index < -0.39 is 6.10 Å². The molecule has 0 saturated carbocycles. The van der Waals surface area contributed by atoms with Gasteiger partial charge in [0.25, 0.3) is 5.91 Å². The predicted octanol–water partition coefficient (Wildman–Crippen LogP) is 1.36. The maximum atomic E-state index is 12.5. The summed E-state index contributed by atoms with van der Waals surface area (Å²) in [6.45, 7) is 2.70. The Morgan fingerprint density at radius 2 is 2.32 bits per heavy atom. The quantitative estimate of drug-likeness (QED) is 0.799. The van der Waals surface area contributed by atoms with Gasteiger partial charge in [0.2, 0.25) is 0 Å². The van der Waals surface area contributed by atoms with E-state index in [4.69, 9.17) is 9.47 Å². The van der Waals surface area contributed by atoms with Crippen molar-refractivity contribution >= 4 is 16.8 Å². The molecule has 118 valence electrons. The van der Waals surface area contributed by atoms with Gasteiger partial charge < -0.3 is 24.9 Å². The van der Waals surface area contributed by atoms with Crippen molar-refractivity contribution in [3.63, 3.8) is 0 Å². The van der Waals surface area contributed by atoms with E-state index in [1.807, 2.05) is 25.1 Å². The summed E-state index contributed by atoms with van der Waals surface area (Å²) >= 11 is 0. The summed E-state index contributed by atoms with van der Waals surface area (Å²) in [6.07, 6.45) is -0.0533. The van der Waals surface area contributed by atoms with Crippen LogP contribution in [0.1, 0.15) is 22.5 Å². The van der Waals surface area contributed by atoms with Gasteiger partial charge in [0, 0.05) is 17.5 Å². The normalized spacial score (nSPS) is 21.8. The number of benzene rings is 1. The molecule has 22 heavy (non-hydrogen) atoms. The van der Waals surface area contributed by atoms with Gasteiger partial charge in [0.1, 0.15) is 11.4 Å². The van der Waals surface area contributed by atoms with E-state index in [2.05, 4.69) is 10.3 Å². The average Bonchev–Trinajstić information content (AvgIpc) is 2.86. The van der Waals surface area contributed by atoms with Gasteiger partial charge in [-0.05, 0) is 37.1 Å². The van der Waals surface area contributed by atoms with Crippen LogP contribution in [0.25, 0.3) is 10.9 Å². The summed E-state index contributed by atoms with van der Waals surface area (Å²) < 4.78 is 10.4. The molecule has 1 amide bonds. The summed E-state index contributed by atoms with van der Waals surface area (Å²) in [5.74, 6) is 0.542. The molecule has 2 aromatic rings. The first kappa shape index (κ1) is 14.9. The third kappa shape index (κ3) is 2.67. The van der Waals surface area contributed by atoms with Crippen molar-refractivity contribution < 1.29 is 19.4 Å². The number of ether oxygens (including phenoxy) is 2. The van der Waals surface area contributed by atoms with Crippen LogP contribution in [-0.2, 0) is 4.74 Å². The molecule has 1 aliphatic heterocycles. The number of aliphatic hydroxyl groups is 1. The minimum absolute atomic E-state index is 0.210. The SMILES string of the molecule is COc1ccc2[nH]c(C(=O)N[C@@H]3CCOC[C@H]3O)c(C)c2c1. The van der Waals surface area contributed by atoms with Gasteiger partial charge in [-0.3, -0.25) is 4.79 Å². The van der Waals surface area contributed by atoms with E-state index in [9.17, 15) is 9.90 Å². The Kier molecular flexibility index (Phi) is 4.04. The Morgan fingerprint density at radius 3 is 3.05 bits per heavy atom. The molecule has 1 saturated heterocycles. The van der Waals surface area contributed by atoms with E-state index in [0.717, 1.165) is 22.2 Å². The summed E-state index contributed by atoms with van der Waals surface area (Å²) in [5, 5.41) is 13.7. The summed E-state index contributed by atoms with van der Waals surface area (Å²) in [7, 11) is 1.61. The predicted molar refractivity (Wildman–Crippen MR) is 82.3 cm³/mol. The highest BCUT2D eigenvalue weighted by atomic mass is 16.5. The number of carbonyl (C=O) groups is 1. The monoisotopic (exact) mass is 304 g/mol. The molecule has 1 aromatic heterocycles. The zero-order valence-corrected chi connectivity index (χ0v) is 12.7. The van der Waals surface area contributed by atoms with Crippen LogP contribution in [0.15, 0.2) is 18.2 Å². The number of hydrogen-bond acceptors (Lipinski definition) is 4. The number of aryl methyl sites for hydroxylation is 1. The maximum Gasteiger partial charge on any atom is 0.268 e. The Balaban J connectivity index is 1.86. The fourth-order valence-electron chi connectivity index (χ4n) is 2.79. The molecular weight excluding hydrogens is 284 g/mol. The molecule has 2 atom stereocenters. The third-order valence-corrected chi connectivity index (χ3v) is 4.14. The number of nitrogens with one attached hydrogen (secondary N) is 2. The number of aromatic nitrogens is 1. The molecule has 0 bridgehead atoms. The van der Waals surface area contributed by atoms with Crippen molar-refractivity contribution in [2.75, 3.05) is 20.3 Å². The molecule has 0 radical (unpaired) electrons. The minimum atomic E-state index is -0.664. The highest BCUT2D eigenvalue weighted by Gasteiger charge is 2.26. The van der Waals surface area contributed by atoms with Crippen LogP contribution in [0.2, 0.25) is 0 Å². The van der Waals surface area contributed by atoms with Crippen LogP contribution in [0.4, 0.5) is 0 Å². The molecule has 0 aliphatic carbocycles. The van der Waals surface area contributed by atoms with Crippen molar-refractivity contribution in [3.8, 4) is 5.75 Å². The Morgan fingerprint density at radius 1 is 1.50 bits per heavy atom. The van der Waals surface area contributed by atoms with E-state index in [1.54, 1.807) is 7.11 Å². The molecule has 6 heteroatoms. The number of carbonyl (C=O) groups excluding carboxylic acids is 1. The van der Waals surface area contributed by atoms with Gasteiger partial charge in [-0.15, -0.1) is 0 Å². The molecule has 2 heterocycles. The van der Waals surface area contributed by atoms with E-state index in [1.165, 1.54) is 0 Å². The topological polar surface area (TPSA) is 83.6 Å². The fourth-order valence-corrected chi connectivity index (χ4v) is 2.79. The van der Waals surface area contributed by atoms with Crippen LogP contribution in [-0.4, -0.2) is 48.5 Å². The first-order chi connectivity index (χ1) is 10.6. The van der Waals surface area contributed by atoms with Crippen molar-refractivity contribution in [2.24, 2.45) is 0 Å². The summed E-state index contributed by atoms with van der Waals surface area (Å²) in [5.41, 5.74) is 2.27. The zero-order chi connectivity index (χ0) is 15.7. The third-order valence-electron chi connectivity index (χ3n) is 4.14. The lowest BCUT2D eigenvalue weighted by Gasteiger charge is -2.28. The highest BCUT2D eigenvalue weighted by molar-refractivity contribution is 6.01. The number of H-pyrrole nitrogens is 1. The van der Waals surface area contributed by atoms with Crippen LogP contribution in [0.5, 0.6) is 5.75 Å². The molecule has 1 aliphatic rings. The maximum absolute atomic E-state index is 12.5. The van der Waals surface area contributed by atoms with Gasteiger partial charge in [0.15, 0.2) is 0 Å². The van der Waals surface area contributed by atoms with Gasteiger partial charge in [-0.1, -0.05) is 0 Å². The van der Waals surface area contributed by atoms with Crippen LogP contribution in [0.3, 0.4) is 0 Å². The van der Waals surface area contributed by atoms with E-state index >= 15 is 0 Å². The average molecular weight is 304 g/mol. The van der Waals surface area contributed by atoms with E-state index in [-0.39, 0.29) is 18.6 Å². The van der Waals surface area contributed by atoms with Gasteiger partial charge >= 0.3 is 0 Å². The lowest BCUT2D eigenvalue weighted by Crippen LogP contribution is -2.48. The van der Waals surface area contributed by atoms with Gasteiger partial charge in [-0.25, -0.2) is 0 Å². The molecule has 3 rings (SSSR count). The van der Waals surface area contributed by atoms with Crippen molar-refractivity contribution in [2.45, 2.75) is 25.5 Å². The second-order valence-corrected chi connectivity index (χ2v) is 5.55. The Bertz CT molecular complexity index is 695. The number of amides is 1. The van der Waals surface area contributed by atoms with Crippen molar-refractivity contribution in [1.82, 2.24) is 10.3 Å². The largest absolute Gasteiger partial charge is 0.497 e. The van der Waals surface area contributed by atoms with Gasteiger partial charge in [0.05, 0.1) is 25.9 Å². The first-order valence-electron chi connectivity index (χ1n) is 7.33. The van der Waals surface area contributed by atoms with Crippen LogP contribution >= 0.6 is 0 Å². The van der Waals surface area contributed by atoms with Gasteiger partial charge in [-0.2, -0.15) is 0 Å². The lowest BCUT2D eigenvalue weighted by molar-refractivity contribution is -0.0261. The number of aromatic amines is 1. The standard InChI is InChI=1S/C16H20N2O4/c1-9-11-7-10(21-2)3-4-12(11)17-15(9)16(20)18-13-5-6-22-8-14(13)19/h3-4,7,13-14,17,19H,5-6,8H2,1-2H3,(H,18,20)/t13-,14-/m1/s1. The lowest BCUT2D eigenvalue weighted by atomic mass is 10.1. The molecular formula is C16H20N2O4.